The van der Waals surface area contributed by atoms with Crippen LogP contribution < -0.4 is 4.57 Å². The summed E-state index contributed by atoms with van der Waals surface area (Å²) in [6.07, 6.45) is 14.4. The molecule has 1 fully saturated rings. The molecule has 0 amide bonds. The van der Waals surface area contributed by atoms with Crippen LogP contribution in [0.25, 0.3) is 6.08 Å². The Morgan fingerprint density at radius 3 is 2.50 bits per heavy atom. The molecular weight excluding hydrogens is 170 g/mol. The lowest BCUT2D eigenvalue weighted by Gasteiger charge is -1.99. The summed E-state index contributed by atoms with van der Waals surface area (Å²) in [6.45, 7) is 0. The molecule has 1 aliphatic carbocycles. The van der Waals surface area contributed by atoms with Gasteiger partial charge in [-0.15, -0.1) is 0 Å². The third-order valence-electron chi connectivity index (χ3n) is 2.96. The summed E-state index contributed by atoms with van der Waals surface area (Å²) in [7, 11) is 2.05. The van der Waals surface area contributed by atoms with Crippen LogP contribution in [0.5, 0.6) is 0 Å². The van der Waals surface area contributed by atoms with E-state index in [2.05, 4.69) is 41.2 Å². The van der Waals surface area contributed by atoms with E-state index in [1.54, 1.807) is 0 Å². The van der Waals surface area contributed by atoms with Gasteiger partial charge >= 0.3 is 0 Å². The summed E-state index contributed by atoms with van der Waals surface area (Å²) >= 11 is 0. The van der Waals surface area contributed by atoms with Gasteiger partial charge < -0.3 is 0 Å². The summed E-state index contributed by atoms with van der Waals surface area (Å²) in [5.74, 6) is 0.837. The first-order valence-electron chi connectivity index (χ1n) is 5.48. The minimum atomic E-state index is 0.837. The summed E-state index contributed by atoms with van der Waals surface area (Å²) in [4.78, 5) is 0. The molecule has 0 saturated heterocycles. The largest absolute Gasteiger partial charge is 0.208 e. The second-order valence-corrected chi connectivity index (χ2v) is 4.20. The van der Waals surface area contributed by atoms with Crippen LogP contribution in [0.15, 0.2) is 30.6 Å². The fourth-order valence-electron chi connectivity index (χ4n) is 2.02. The van der Waals surface area contributed by atoms with Gasteiger partial charge in [0.2, 0.25) is 0 Å². The normalized spacial score (nSPS) is 18.1. The average molecular weight is 188 g/mol. The molecule has 1 nitrogen and oxygen atoms in total. The van der Waals surface area contributed by atoms with Gasteiger partial charge in [-0.1, -0.05) is 25.0 Å². The van der Waals surface area contributed by atoms with E-state index >= 15 is 0 Å². The SMILES string of the molecule is C[n+]1ccc(C=CC2CCCC2)cc1. The van der Waals surface area contributed by atoms with Crippen molar-refractivity contribution in [2.45, 2.75) is 25.7 Å². The number of aromatic nitrogens is 1. The van der Waals surface area contributed by atoms with E-state index in [4.69, 9.17) is 0 Å². The van der Waals surface area contributed by atoms with Crippen molar-refractivity contribution in [3.63, 3.8) is 0 Å². The lowest BCUT2D eigenvalue weighted by molar-refractivity contribution is -0.671. The molecule has 74 valence electrons. The van der Waals surface area contributed by atoms with Crippen LogP contribution in [-0.2, 0) is 7.05 Å². The first-order chi connectivity index (χ1) is 6.84. The first kappa shape index (κ1) is 9.45. The van der Waals surface area contributed by atoms with Gasteiger partial charge in [-0.3, -0.25) is 0 Å². The molecule has 0 aliphatic heterocycles. The minimum absolute atomic E-state index is 0.837. The van der Waals surface area contributed by atoms with Crippen LogP contribution in [0.3, 0.4) is 0 Å². The van der Waals surface area contributed by atoms with Crippen molar-refractivity contribution >= 4 is 6.08 Å². The molecule has 0 N–H and O–H groups in total. The average Bonchev–Trinajstić information content (AvgIpc) is 2.70. The van der Waals surface area contributed by atoms with E-state index in [1.807, 2.05) is 7.05 Å². The molecule has 0 radical (unpaired) electrons. The summed E-state index contributed by atoms with van der Waals surface area (Å²) in [6, 6.07) is 4.32. The zero-order valence-electron chi connectivity index (χ0n) is 8.82. The van der Waals surface area contributed by atoms with Gasteiger partial charge in [0.1, 0.15) is 7.05 Å². The Hall–Kier alpha value is -1.11. The molecule has 0 spiro atoms. The van der Waals surface area contributed by atoms with E-state index < -0.39 is 0 Å². The van der Waals surface area contributed by atoms with Gasteiger partial charge in [-0.2, -0.15) is 0 Å². The third kappa shape index (κ3) is 2.44. The van der Waals surface area contributed by atoms with Crippen molar-refractivity contribution in [2.75, 3.05) is 0 Å². The summed E-state index contributed by atoms with van der Waals surface area (Å²) in [5, 5.41) is 0. The van der Waals surface area contributed by atoms with E-state index in [0.717, 1.165) is 5.92 Å². The van der Waals surface area contributed by atoms with E-state index in [1.165, 1.54) is 31.2 Å². The van der Waals surface area contributed by atoms with Gasteiger partial charge in [-0.25, -0.2) is 4.57 Å². The molecule has 1 aromatic rings. The third-order valence-corrected chi connectivity index (χ3v) is 2.96. The predicted octanol–water partition coefficient (Wildman–Crippen LogP) is 2.71. The van der Waals surface area contributed by atoms with E-state index in [-0.39, 0.29) is 0 Å². The molecule has 0 atom stereocenters. The maximum absolute atomic E-state index is 2.38. The van der Waals surface area contributed by atoms with E-state index in [0.29, 0.717) is 0 Å². The van der Waals surface area contributed by atoms with Crippen LogP contribution in [0, 0.1) is 5.92 Å². The lowest BCUT2D eigenvalue weighted by atomic mass is 10.1. The van der Waals surface area contributed by atoms with Gasteiger partial charge in [0, 0.05) is 12.1 Å². The highest BCUT2D eigenvalue weighted by Crippen LogP contribution is 2.26. The quantitative estimate of drug-likeness (QED) is 0.628. The monoisotopic (exact) mass is 188 g/mol. The Bertz CT molecular complexity index is 305. The van der Waals surface area contributed by atoms with Gasteiger partial charge in [0.05, 0.1) is 0 Å². The number of hydrogen-bond donors (Lipinski definition) is 0. The van der Waals surface area contributed by atoms with E-state index in [9.17, 15) is 0 Å². The predicted molar refractivity (Wildman–Crippen MR) is 58.6 cm³/mol. The number of nitrogens with zero attached hydrogens (tertiary/aromatic N) is 1. The minimum Gasteiger partial charge on any atom is -0.208 e. The number of pyridine rings is 1. The molecule has 14 heavy (non-hydrogen) atoms. The van der Waals surface area contributed by atoms with Crippen molar-refractivity contribution < 1.29 is 4.57 Å². The van der Waals surface area contributed by atoms with Crippen molar-refractivity contribution in [3.05, 3.63) is 36.2 Å². The zero-order chi connectivity index (χ0) is 9.80. The Morgan fingerprint density at radius 2 is 1.86 bits per heavy atom. The van der Waals surface area contributed by atoms with Crippen LogP contribution in [0.4, 0.5) is 0 Å². The van der Waals surface area contributed by atoms with Crippen molar-refractivity contribution in [1.82, 2.24) is 0 Å². The summed E-state index contributed by atoms with van der Waals surface area (Å²) in [5.41, 5.74) is 1.31. The van der Waals surface area contributed by atoms with Crippen molar-refractivity contribution in [3.8, 4) is 0 Å². The number of rotatable bonds is 2. The second-order valence-electron chi connectivity index (χ2n) is 4.20. The molecule has 0 unspecified atom stereocenters. The lowest BCUT2D eigenvalue weighted by Crippen LogP contribution is -2.25. The zero-order valence-corrected chi connectivity index (χ0v) is 8.82. The number of allylic oxidation sites excluding steroid dienone is 1. The molecule has 2 rings (SSSR count). The number of aryl methyl sites for hydroxylation is 1. The van der Waals surface area contributed by atoms with Gasteiger partial charge in [0.15, 0.2) is 12.4 Å². The molecular formula is C13H18N+. The maximum Gasteiger partial charge on any atom is 0.169 e. The molecule has 1 heteroatoms. The van der Waals surface area contributed by atoms with Crippen molar-refractivity contribution in [1.29, 1.82) is 0 Å². The molecule has 1 aromatic heterocycles. The van der Waals surface area contributed by atoms with Crippen LogP contribution in [0.1, 0.15) is 31.2 Å². The fourth-order valence-corrected chi connectivity index (χ4v) is 2.02. The molecule has 1 saturated carbocycles. The molecule has 1 heterocycles. The van der Waals surface area contributed by atoms with Crippen molar-refractivity contribution in [2.24, 2.45) is 13.0 Å². The van der Waals surface area contributed by atoms with Crippen LogP contribution in [0.2, 0.25) is 0 Å². The van der Waals surface area contributed by atoms with Gasteiger partial charge in [0.25, 0.3) is 0 Å². The Morgan fingerprint density at radius 1 is 1.21 bits per heavy atom. The highest BCUT2D eigenvalue weighted by atomic mass is 14.9. The van der Waals surface area contributed by atoms with Crippen LogP contribution in [-0.4, -0.2) is 0 Å². The second kappa shape index (κ2) is 4.41. The molecule has 1 aliphatic rings. The molecule has 0 bridgehead atoms. The highest BCUT2D eigenvalue weighted by molar-refractivity contribution is 5.47. The highest BCUT2D eigenvalue weighted by Gasteiger charge is 2.10. The fraction of sp³-hybridized carbons (Fsp3) is 0.462. The Labute approximate surface area is 86.1 Å². The maximum atomic E-state index is 2.38. The first-order valence-corrected chi connectivity index (χ1v) is 5.48. The number of hydrogen-bond acceptors (Lipinski definition) is 0. The topological polar surface area (TPSA) is 3.88 Å². The summed E-state index contributed by atoms with van der Waals surface area (Å²) < 4.78 is 2.06. The Kier molecular flexibility index (Phi) is 2.97. The standard InChI is InChI=1S/C13H18N/c1-14-10-8-13(9-11-14)7-6-12-4-2-3-5-12/h6-12H,2-5H2,1H3/q+1. The Balaban J connectivity index is 1.99. The smallest absolute Gasteiger partial charge is 0.169 e. The van der Waals surface area contributed by atoms with Gasteiger partial charge in [-0.05, 0) is 24.3 Å². The molecule has 0 aromatic carbocycles. The van der Waals surface area contributed by atoms with Crippen LogP contribution >= 0.6 is 0 Å².